The molecule has 0 aliphatic rings. The van der Waals surface area contributed by atoms with Crippen molar-refractivity contribution in [1.29, 1.82) is 0 Å². The Morgan fingerprint density at radius 3 is 3.00 bits per heavy atom. The fourth-order valence-corrected chi connectivity index (χ4v) is 1.76. The van der Waals surface area contributed by atoms with E-state index in [9.17, 15) is 0 Å². The fourth-order valence-electron chi connectivity index (χ4n) is 1.76. The molecule has 0 fully saturated rings. The van der Waals surface area contributed by atoms with Crippen LogP contribution in [-0.4, -0.2) is 20.9 Å². The normalized spacial score (nSPS) is 10.8. The second kappa shape index (κ2) is 5.51. The van der Waals surface area contributed by atoms with Crippen LogP contribution in [0.4, 0.5) is 0 Å². The third-order valence-electron chi connectivity index (χ3n) is 2.65. The Labute approximate surface area is 95.9 Å². The summed E-state index contributed by atoms with van der Waals surface area (Å²) in [6.45, 7) is 5.97. The van der Waals surface area contributed by atoms with Gasteiger partial charge in [0.15, 0.2) is 0 Å². The van der Waals surface area contributed by atoms with Gasteiger partial charge in [-0.05, 0) is 25.1 Å². The van der Waals surface area contributed by atoms with Crippen molar-refractivity contribution in [3.63, 3.8) is 0 Å². The summed E-state index contributed by atoms with van der Waals surface area (Å²) < 4.78 is 4.19. The van der Waals surface area contributed by atoms with E-state index in [1.165, 1.54) is 5.69 Å². The molecule has 4 heteroatoms. The van der Waals surface area contributed by atoms with Crippen LogP contribution in [0.25, 0.3) is 0 Å². The van der Waals surface area contributed by atoms with Gasteiger partial charge in [-0.15, -0.1) is 0 Å². The van der Waals surface area contributed by atoms with Gasteiger partial charge in [-0.1, -0.05) is 0 Å². The highest BCUT2D eigenvalue weighted by molar-refractivity contribution is 5.06. The lowest BCUT2D eigenvalue weighted by atomic mass is 10.4. The summed E-state index contributed by atoms with van der Waals surface area (Å²) in [5.41, 5.74) is 1.34. The Balaban J connectivity index is 1.72. The molecule has 2 aromatic heterocycles. The van der Waals surface area contributed by atoms with Crippen LogP contribution in [0.5, 0.6) is 0 Å². The SMILES string of the molecule is CCn1cccc1CNCCn1cccn1. The number of aryl methyl sites for hydroxylation is 1. The average molecular weight is 218 g/mol. The highest BCUT2D eigenvalue weighted by Crippen LogP contribution is 2.01. The highest BCUT2D eigenvalue weighted by atomic mass is 15.3. The third kappa shape index (κ3) is 2.73. The second-order valence-electron chi connectivity index (χ2n) is 3.73. The Bertz CT molecular complexity index is 402. The van der Waals surface area contributed by atoms with Crippen molar-refractivity contribution in [2.75, 3.05) is 6.54 Å². The average Bonchev–Trinajstić information content (AvgIpc) is 2.95. The van der Waals surface area contributed by atoms with Gasteiger partial charge in [0.25, 0.3) is 0 Å². The summed E-state index contributed by atoms with van der Waals surface area (Å²) in [4.78, 5) is 0. The zero-order chi connectivity index (χ0) is 11.2. The number of nitrogens with zero attached hydrogens (tertiary/aromatic N) is 3. The van der Waals surface area contributed by atoms with Crippen LogP contribution in [0.3, 0.4) is 0 Å². The minimum atomic E-state index is 0.917. The van der Waals surface area contributed by atoms with Gasteiger partial charge < -0.3 is 9.88 Å². The van der Waals surface area contributed by atoms with Crippen LogP contribution in [0.15, 0.2) is 36.8 Å². The Morgan fingerprint density at radius 2 is 2.25 bits per heavy atom. The lowest BCUT2D eigenvalue weighted by molar-refractivity contribution is 0.542. The van der Waals surface area contributed by atoms with Crippen LogP contribution < -0.4 is 5.32 Å². The number of aromatic nitrogens is 3. The molecule has 0 atom stereocenters. The van der Waals surface area contributed by atoms with Gasteiger partial charge in [0.2, 0.25) is 0 Å². The predicted octanol–water partition coefficient (Wildman–Crippen LogP) is 1.49. The molecule has 0 aliphatic heterocycles. The van der Waals surface area contributed by atoms with Crippen molar-refractivity contribution in [1.82, 2.24) is 19.7 Å². The third-order valence-corrected chi connectivity index (χ3v) is 2.65. The topological polar surface area (TPSA) is 34.8 Å². The molecule has 0 aliphatic carbocycles. The number of hydrogen-bond donors (Lipinski definition) is 1. The van der Waals surface area contributed by atoms with Gasteiger partial charge in [0, 0.05) is 43.9 Å². The molecule has 0 amide bonds. The summed E-state index contributed by atoms with van der Waals surface area (Å²) in [7, 11) is 0. The highest BCUT2D eigenvalue weighted by Gasteiger charge is 1.97. The first kappa shape index (κ1) is 11.0. The zero-order valence-corrected chi connectivity index (χ0v) is 9.63. The summed E-state index contributed by atoms with van der Waals surface area (Å²) >= 11 is 0. The molecule has 0 saturated carbocycles. The van der Waals surface area contributed by atoms with Crippen molar-refractivity contribution in [3.8, 4) is 0 Å². The first-order valence-corrected chi connectivity index (χ1v) is 5.72. The predicted molar refractivity (Wildman–Crippen MR) is 64.0 cm³/mol. The molecule has 0 aromatic carbocycles. The molecule has 2 heterocycles. The van der Waals surface area contributed by atoms with E-state index in [1.807, 2.05) is 23.1 Å². The summed E-state index contributed by atoms with van der Waals surface area (Å²) in [5, 5.41) is 7.58. The van der Waals surface area contributed by atoms with E-state index in [1.54, 1.807) is 0 Å². The van der Waals surface area contributed by atoms with Crippen LogP contribution >= 0.6 is 0 Å². The van der Waals surface area contributed by atoms with E-state index >= 15 is 0 Å². The van der Waals surface area contributed by atoms with E-state index in [0.29, 0.717) is 0 Å². The Hall–Kier alpha value is -1.55. The molecule has 1 N–H and O–H groups in total. The molecule has 2 aromatic rings. The molecule has 0 saturated heterocycles. The Morgan fingerprint density at radius 1 is 1.31 bits per heavy atom. The summed E-state index contributed by atoms with van der Waals surface area (Å²) in [6, 6.07) is 6.20. The van der Waals surface area contributed by atoms with Crippen LogP contribution in [0.2, 0.25) is 0 Å². The lowest BCUT2D eigenvalue weighted by Crippen LogP contribution is -2.21. The van der Waals surface area contributed by atoms with Crippen LogP contribution in [0.1, 0.15) is 12.6 Å². The number of rotatable bonds is 6. The molecule has 0 bridgehead atoms. The van der Waals surface area contributed by atoms with Gasteiger partial charge in [-0.25, -0.2) is 0 Å². The standard InChI is InChI=1S/C12H18N4/c1-2-15-8-3-5-12(15)11-13-7-10-16-9-4-6-14-16/h3-6,8-9,13H,2,7,10-11H2,1H3. The molecule has 0 unspecified atom stereocenters. The minimum Gasteiger partial charge on any atom is -0.351 e. The molecular weight excluding hydrogens is 200 g/mol. The summed E-state index contributed by atoms with van der Waals surface area (Å²) in [6.07, 6.45) is 5.91. The molecule has 16 heavy (non-hydrogen) atoms. The molecular formula is C12H18N4. The quantitative estimate of drug-likeness (QED) is 0.746. The van der Waals surface area contributed by atoms with E-state index in [-0.39, 0.29) is 0 Å². The number of hydrogen-bond acceptors (Lipinski definition) is 2. The van der Waals surface area contributed by atoms with E-state index in [0.717, 1.165) is 26.2 Å². The van der Waals surface area contributed by atoms with Gasteiger partial charge in [-0.2, -0.15) is 5.10 Å². The first-order valence-electron chi connectivity index (χ1n) is 5.72. The van der Waals surface area contributed by atoms with Crippen molar-refractivity contribution >= 4 is 0 Å². The largest absolute Gasteiger partial charge is 0.351 e. The van der Waals surface area contributed by atoms with E-state index in [2.05, 4.69) is 40.2 Å². The van der Waals surface area contributed by atoms with Crippen LogP contribution in [0, 0.1) is 0 Å². The first-order chi connectivity index (χ1) is 7.90. The van der Waals surface area contributed by atoms with Gasteiger partial charge in [0.1, 0.15) is 0 Å². The molecule has 0 radical (unpaired) electrons. The summed E-state index contributed by atoms with van der Waals surface area (Å²) in [5.74, 6) is 0. The molecule has 2 rings (SSSR count). The van der Waals surface area contributed by atoms with Crippen molar-refractivity contribution < 1.29 is 0 Å². The smallest absolute Gasteiger partial charge is 0.0534 e. The monoisotopic (exact) mass is 218 g/mol. The van der Waals surface area contributed by atoms with Crippen molar-refractivity contribution in [2.24, 2.45) is 0 Å². The second-order valence-corrected chi connectivity index (χ2v) is 3.73. The maximum atomic E-state index is 4.16. The minimum absolute atomic E-state index is 0.917. The molecule has 0 spiro atoms. The maximum Gasteiger partial charge on any atom is 0.0534 e. The Kier molecular flexibility index (Phi) is 3.77. The lowest BCUT2D eigenvalue weighted by Gasteiger charge is -2.08. The van der Waals surface area contributed by atoms with Crippen molar-refractivity contribution in [3.05, 3.63) is 42.5 Å². The zero-order valence-electron chi connectivity index (χ0n) is 9.63. The van der Waals surface area contributed by atoms with Gasteiger partial charge in [0.05, 0.1) is 6.54 Å². The molecule has 86 valence electrons. The molecule has 4 nitrogen and oxygen atoms in total. The van der Waals surface area contributed by atoms with E-state index < -0.39 is 0 Å². The van der Waals surface area contributed by atoms with Gasteiger partial charge in [-0.3, -0.25) is 4.68 Å². The van der Waals surface area contributed by atoms with E-state index in [4.69, 9.17) is 0 Å². The van der Waals surface area contributed by atoms with Crippen molar-refractivity contribution in [2.45, 2.75) is 26.6 Å². The van der Waals surface area contributed by atoms with Crippen LogP contribution in [-0.2, 0) is 19.6 Å². The maximum absolute atomic E-state index is 4.16. The van der Waals surface area contributed by atoms with Gasteiger partial charge >= 0.3 is 0 Å². The fraction of sp³-hybridized carbons (Fsp3) is 0.417. The number of nitrogens with one attached hydrogen (secondary N) is 1.